The summed E-state index contributed by atoms with van der Waals surface area (Å²) in [5, 5.41) is 0. The van der Waals surface area contributed by atoms with Crippen molar-refractivity contribution >= 4 is 17.5 Å². The maximum atomic E-state index is 14.6. The monoisotopic (exact) mass is 684 g/mol. The highest BCUT2D eigenvalue weighted by Crippen LogP contribution is 2.44. The standard InChI is InChI=1S/C38H51F3N4O4/c1-42(2)36(46)26-15-17-43(18-16-26)35-19-28(38(39,40)41)11-14-31(35)33-22-45(20-27(33)24-48-3)37(47)34-23-44(29-7-5-6-8-29)21-32(34)25-9-12-30(49-4)13-10-25/h9-14,19,26-27,29,32-34H,5-8,15-18,20-24H2,1-4H3/t27-,32+,33+,34-/m1/s1. The van der Waals surface area contributed by atoms with Gasteiger partial charge in [-0.1, -0.05) is 31.0 Å². The Bertz CT molecular complexity index is 1450. The summed E-state index contributed by atoms with van der Waals surface area (Å²) >= 11 is 0. The molecule has 3 aliphatic heterocycles. The third kappa shape index (κ3) is 7.58. The largest absolute Gasteiger partial charge is 0.497 e. The smallest absolute Gasteiger partial charge is 0.416 e. The number of carbonyl (C=O) groups is 2. The minimum Gasteiger partial charge on any atom is -0.497 e. The average molecular weight is 685 g/mol. The van der Waals surface area contributed by atoms with Crippen LogP contribution in [0.2, 0.25) is 0 Å². The number of benzene rings is 2. The van der Waals surface area contributed by atoms with Gasteiger partial charge >= 0.3 is 6.18 Å². The van der Waals surface area contributed by atoms with E-state index in [4.69, 9.17) is 9.47 Å². The highest BCUT2D eigenvalue weighted by atomic mass is 19.4. The number of amides is 2. The molecular formula is C38H51F3N4O4. The van der Waals surface area contributed by atoms with Gasteiger partial charge < -0.3 is 24.2 Å². The Labute approximate surface area is 288 Å². The molecule has 3 heterocycles. The van der Waals surface area contributed by atoms with Crippen LogP contribution in [-0.4, -0.2) is 107 Å². The summed E-state index contributed by atoms with van der Waals surface area (Å²) in [5.74, 6) is 0.390. The molecule has 0 spiro atoms. The molecule has 0 unspecified atom stereocenters. The van der Waals surface area contributed by atoms with Crippen molar-refractivity contribution in [1.82, 2.24) is 14.7 Å². The van der Waals surface area contributed by atoms with Crippen molar-refractivity contribution in [1.29, 1.82) is 0 Å². The number of hydrogen-bond acceptors (Lipinski definition) is 6. The van der Waals surface area contributed by atoms with Gasteiger partial charge in [-0.05, 0) is 61.1 Å². The second-order valence-electron chi connectivity index (χ2n) is 14.7. The van der Waals surface area contributed by atoms with E-state index in [2.05, 4.69) is 17.0 Å². The van der Waals surface area contributed by atoms with Crippen LogP contribution in [0.15, 0.2) is 42.5 Å². The molecule has 1 saturated carbocycles. The van der Waals surface area contributed by atoms with Gasteiger partial charge in [0.05, 0.1) is 25.2 Å². The summed E-state index contributed by atoms with van der Waals surface area (Å²) in [6.07, 6.45) is 1.44. The van der Waals surface area contributed by atoms with Crippen molar-refractivity contribution in [2.24, 2.45) is 17.8 Å². The van der Waals surface area contributed by atoms with E-state index >= 15 is 0 Å². The third-order valence-electron chi connectivity index (χ3n) is 11.6. The molecule has 3 saturated heterocycles. The Morgan fingerprint density at radius 3 is 2.18 bits per heavy atom. The highest BCUT2D eigenvalue weighted by Gasteiger charge is 2.46. The van der Waals surface area contributed by atoms with Gasteiger partial charge in [0.15, 0.2) is 0 Å². The Morgan fingerprint density at radius 1 is 0.878 bits per heavy atom. The zero-order valence-electron chi connectivity index (χ0n) is 29.3. The SMILES string of the molecule is COC[C@H]1CN(C(=O)[C@@H]2CN(C3CCCC3)C[C@H]2c2ccc(OC)cc2)C[C@@H]1c1ccc(C(F)(F)F)cc1N1CCC(C(=O)N(C)C)CC1. The van der Waals surface area contributed by atoms with Gasteiger partial charge in [-0.2, -0.15) is 13.2 Å². The zero-order chi connectivity index (χ0) is 34.9. The first kappa shape index (κ1) is 35.5. The quantitative estimate of drug-likeness (QED) is 0.330. The number of piperidine rings is 1. The van der Waals surface area contributed by atoms with E-state index in [1.54, 1.807) is 39.3 Å². The van der Waals surface area contributed by atoms with Gasteiger partial charge in [0.2, 0.25) is 11.8 Å². The fraction of sp³-hybridized carbons (Fsp3) is 0.632. The fourth-order valence-corrected chi connectivity index (χ4v) is 8.90. The van der Waals surface area contributed by atoms with Gasteiger partial charge in [0.1, 0.15) is 5.75 Å². The van der Waals surface area contributed by atoms with Crippen molar-refractivity contribution in [2.45, 2.75) is 62.6 Å². The predicted molar refractivity (Wildman–Crippen MR) is 183 cm³/mol. The lowest BCUT2D eigenvalue weighted by Crippen LogP contribution is -2.40. The molecule has 4 aliphatic rings. The van der Waals surface area contributed by atoms with Crippen LogP contribution >= 0.6 is 0 Å². The lowest BCUT2D eigenvalue weighted by molar-refractivity contribution is -0.137. The fourth-order valence-electron chi connectivity index (χ4n) is 8.90. The summed E-state index contributed by atoms with van der Waals surface area (Å²) in [5.41, 5.74) is 1.81. The second-order valence-corrected chi connectivity index (χ2v) is 14.7. The molecule has 1 aliphatic carbocycles. The Hall–Kier alpha value is -3.31. The van der Waals surface area contributed by atoms with E-state index in [0.29, 0.717) is 63.9 Å². The number of carbonyl (C=O) groups excluding carboxylic acids is 2. The molecule has 4 fully saturated rings. The van der Waals surface area contributed by atoms with Crippen LogP contribution in [-0.2, 0) is 20.5 Å². The molecule has 0 aromatic heterocycles. The van der Waals surface area contributed by atoms with Gasteiger partial charge in [0, 0.05) is 95.9 Å². The van der Waals surface area contributed by atoms with Crippen LogP contribution in [0.4, 0.5) is 18.9 Å². The molecule has 2 aromatic carbocycles. The third-order valence-corrected chi connectivity index (χ3v) is 11.6. The Morgan fingerprint density at radius 2 is 1.57 bits per heavy atom. The molecule has 4 atom stereocenters. The second kappa shape index (κ2) is 14.9. The van der Waals surface area contributed by atoms with E-state index in [9.17, 15) is 22.8 Å². The predicted octanol–water partition coefficient (Wildman–Crippen LogP) is 5.87. The van der Waals surface area contributed by atoms with Crippen LogP contribution in [0.3, 0.4) is 0 Å². The number of halogens is 3. The number of rotatable bonds is 9. The van der Waals surface area contributed by atoms with Gasteiger partial charge in [-0.3, -0.25) is 14.5 Å². The lowest BCUT2D eigenvalue weighted by atomic mass is 9.86. The summed E-state index contributed by atoms with van der Waals surface area (Å²) in [4.78, 5) is 35.3. The van der Waals surface area contributed by atoms with Crippen LogP contribution in [0, 0.1) is 17.8 Å². The normalized spacial score (nSPS) is 25.7. The first-order valence-corrected chi connectivity index (χ1v) is 17.8. The molecule has 268 valence electrons. The maximum Gasteiger partial charge on any atom is 0.416 e. The number of methoxy groups -OCH3 is 2. The molecular weight excluding hydrogens is 633 g/mol. The zero-order valence-corrected chi connectivity index (χ0v) is 29.3. The minimum absolute atomic E-state index is 0.0479. The lowest BCUT2D eigenvalue weighted by Gasteiger charge is -2.36. The van der Waals surface area contributed by atoms with Crippen molar-refractivity contribution in [3.05, 3.63) is 59.2 Å². The van der Waals surface area contributed by atoms with E-state index in [0.717, 1.165) is 36.3 Å². The van der Waals surface area contributed by atoms with Crippen LogP contribution < -0.4 is 9.64 Å². The molecule has 6 rings (SSSR count). The Balaban J connectivity index is 1.27. The van der Waals surface area contributed by atoms with E-state index in [1.807, 2.05) is 21.9 Å². The summed E-state index contributed by atoms with van der Waals surface area (Å²) in [6.45, 7) is 3.85. The number of hydrogen-bond donors (Lipinski definition) is 0. The van der Waals surface area contributed by atoms with Crippen molar-refractivity contribution in [3.8, 4) is 5.75 Å². The molecule has 0 radical (unpaired) electrons. The summed E-state index contributed by atoms with van der Waals surface area (Å²) in [7, 11) is 6.76. The number of alkyl halides is 3. The minimum atomic E-state index is -4.49. The van der Waals surface area contributed by atoms with Gasteiger partial charge in [-0.25, -0.2) is 0 Å². The number of nitrogens with zero attached hydrogens (tertiary/aromatic N) is 4. The topological polar surface area (TPSA) is 65.6 Å². The molecule has 2 aromatic rings. The first-order valence-electron chi connectivity index (χ1n) is 17.8. The van der Waals surface area contributed by atoms with Crippen molar-refractivity contribution in [3.63, 3.8) is 0 Å². The van der Waals surface area contributed by atoms with Gasteiger partial charge in [-0.15, -0.1) is 0 Å². The van der Waals surface area contributed by atoms with E-state index in [1.165, 1.54) is 25.0 Å². The maximum absolute atomic E-state index is 14.6. The molecule has 8 nitrogen and oxygen atoms in total. The molecule has 49 heavy (non-hydrogen) atoms. The molecule has 0 bridgehead atoms. The van der Waals surface area contributed by atoms with E-state index in [-0.39, 0.29) is 41.4 Å². The molecule has 11 heteroatoms. The molecule has 0 N–H and O–H groups in total. The first-order chi connectivity index (χ1) is 23.5. The summed E-state index contributed by atoms with van der Waals surface area (Å²) in [6, 6.07) is 12.6. The van der Waals surface area contributed by atoms with Crippen LogP contribution in [0.1, 0.15) is 67.1 Å². The van der Waals surface area contributed by atoms with Crippen LogP contribution in [0.5, 0.6) is 5.75 Å². The van der Waals surface area contributed by atoms with E-state index < -0.39 is 11.7 Å². The van der Waals surface area contributed by atoms with Crippen LogP contribution in [0.25, 0.3) is 0 Å². The average Bonchev–Trinajstić information content (AvgIpc) is 3.88. The number of likely N-dealkylation sites (tertiary alicyclic amines) is 2. The number of ether oxygens (including phenoxy) is 2. The van der Waals surface area contributed by atoms with Gasteiger partial charge in [0.25, 0.3) is 0 Å². The highest BCUT2D eigenvalue weighted by molar-refractivity contribution is 5.81. The van der Waals surface area contributed by atoms with Crippen molar-refractivity contribution < 1.29 is 32.2 Å². The summed E-state index contributed by atoms with van der Waals surface area (Å²) < 4.78 is 53.2. The number of anilines is 1. The molecule has 2 amide bonds. The van der Waals surface area contributed by atoms with Crippen molar-refractivity contribution in [2.75, 3.05) is 79.1 Å². The Kier molecular flexibility index (Phi) is 10.8.